The standard InChI is InChI=1S/C34H34N4O4/c1-7-21-17(3)25-13-26-19(5)23(9-11-33(39)40)31(37-26)16-32-24(10-12-34(41)42)20(6)28(38-32)15-30-22(8-2)18(4)27(36-30)14-29(21)35-25/h7-8,13-16,36-37H,1-2,9-12H2,3-6H3,(H,39,40)(H,41,42)/i1D2,2D2,7D,8D. The zero-order valence-electron chi connectivity index (χ0n) is 29.7. The Morgan fingerprint density at radius 3 is 2.07 bits per heavy atom. The minimum atomic E-state index is -0.977. The Balaban J connectivity index is 2.01. The number of aromatic amines is 2. The number of hydrogen-bond acceptors (Lipinski definition) is 4. The average molecular weight is 569 g/mol. The Kier molecular flexibility index (Phi) is 5.75. The van der Waals surface area contributed by atoms with Crippen LogP contribution in [0.1, 0.15) is 86.4 Å². The third-order valence-corrected chi connectivity index (χ3v) is 7.96. The Morgan fingerprint density at radius 2 is 1.36 bits per heavy atom. The Hall–Kier alpha value is -4.98. The predicted octanol–water partition coefficient (Wildman–Crippen LogP) is 7.50. The fourth-order valence-corrected chi connectivity index (χ4v) is 5.53. The first-order valence-electron chi connectivity index (χ1n) is 16.5. The summed E-state index contributed by atoms with van der Waals surface area (Å²) in [5.41, 5.74) is 8.33. The van der Waals surface area contributed by atoms with Gasteiger partial charge in [-0.1, -0.05) is 25.2 Å². The molecule has 4 N–H and O–H groups in total. The first-order chi connectivity index (χ1) is 22.6. The number of aromatic nitrogens is 4. The number of fused-ring (bicyclic) bond motifs is 8. The van der Waals surface area contributed by atoms with Gasteiger partial charge in [0.2, 0.25) is 0 Å². The fraction of sp³-hybridized carbons (Fsp3) is 0.235. The summed E-state index contributed by atoms with van der Waals surface area (Å²) in [6, 6.07) is 6.20. The SMILES string of the molecule is [2H]C([2H])=C([2H])C1=C(C)c2cc3[nH]c(cc4nc(cc5[nH]c(cc1n2)c(C)c5C([2H])=C([2H])[2H])C(C)=C4CCC(=O)O)c(CCC(=O)O)c3C. The number of hydrogen-bond donors (Lipinski definition) is 4. The zero-order chi connectivity index (χ0) is 35.2. The van der Waals surface area contributed by atoms with Gasteiger partial charge in [-0.3, -0.25) is 9.59 Å². The molecular formula is C34H34N4O4. The molecule has 0 atom stereocenters. The molecule has 0 fully saturated rings. The number of nitrogens with one attached hydrogen (secondary N) is 2. The van der Waals surface area contributed by atoms with E-state index in [4.69, 9.17) is 18.2 Å². The van der Waals surface area contributed by atoms with Crippen molar-refractivity contribution in [3.63, 3.8) is 0 Å². The normalized spacial score (nSPS) is 14.9. The van der Waals surface area contributed by atoms with E-state index in [9.17, 15) is 19.8 Å². The number of aliphatic carboxylic acids is 2. The Bertz CT molecular complexity index is 2200. The third-order valence-electron chi connectivity index (χ3n) is 7.96. The highest BCUT2D eigenvalue weighted by Gasteiger charge is 2.20. The van der Waals surface area contributed by atoms with Crippen LogP contribution >= 0.6 is 0 Å². The summed E-state index contributed by atoms with van der Waals surface area (Å²) >= 11 is 0. The monoisotopic (exact) mass is 568 g/mol. The first-order valence-corrected chi connectivity index (χ1v) is 13.5. The van der Waals surface area contributed by atoms with E-state index in [-0.39, 0.29) is 48.9 Å². The number of nitrogens with zero attached hydrogens (tertiary/aromatic N) is 2. The van der Waals surface area contributed by atoms with Crippen molar-refractivity contribution in [2.24, 2.45) is 0 Å². The van der Waals surface area contributed by atoms with Gasteiger partial charge in [-0.05, 0) is 98.2 Å². The summed E-state index contributed by atoms with van der Waals surface area (Å²) in [6.45, 7) is 5.74. The molecule has 0 unspecified atom stereocenters. The van der Waals surface area contributed by atoms with E-state index in [1.54, 1.807) is 38.1 Å². The molecule has 2 aliphatic heterocycles. The number of H-pyrrole nitrogens is 2. The molecule has 42 heavy (non-hydrogen) atoms. The average Bonchev–Trinajstić information content (AvgIpc) is 3.67. The topological polar surface area (TPSA) is 132 Å². The van der Waals surface area contributed by atoms with Crippen molar-refractivity contribution in [2.75, 3.05) is 0 Å². The smallest absolute Gasteiger partial charge is 0.303 e. The van der Waals surface area contributed by atoms with Crippen LogP contribution in [0.25, 0.3) is 50.4 Å². The quantitative estimate of drug-likeness (QED) is 0.222. The maximum atomic E-state index is 11.6. The second-order valence-electron chi connectivity index (χ2n) is 10.5. The fourth-order valence-electron chi connectivity index (χ4n) is 5.53. The molecule has 0 aliphatic carbocycles. The van der Waals surface area contributed by atoms with Gasteiger partial charge in [0.15, 0.2) is 0 Å². The lowest BCUT2D eigenvalue weighted by Gasteiger charge is -2.03. The molecule has 5 rings (SSSR count). The van der Waals surface area contributed by atoms with Crippen LogP contribution in [-0.2, 0) is 16.0 Å². The minimum absolute atomic E-state index is 0.134. The maximum Gasteiger partial charge on any atom is 0.303 e. The molecule has 0 spiro atoms. The molecule has 8 nitrogen and oxygen atoms in total. The van der Waals surface area contributed by atoms with Gasteiger partial charge in [-0.25, -0.2) is 9.97 Å². The van der Waals surface area contributed by atoms with Gasteiger partial charge in [-0.2, -0.15) is 0 Å². The summed E-state index contributed by atoms with van der Waals surface area (Å²) in [6.07, 6.45) is 0.0998. The van der Waals surface area contributed by atoms with Gasteiger partial charge in [0.25, 0.3) is 0 Å². The van der Waals surface area contributed by atoms with Crippen molar-refractivity contribution in [3.05, 3.63) is 88.4 Å². The van der Waals surface area contributed by atoms with Crippen molar-refractivity contribution in [2.45, 2.75) is 53.4 Å². The molecule has 3 aromatic heterocycles. The number of carbonyl (C=O) groups is 2. The molecule has 3 aromatic rings. The van der Waals surface area contributed by atoms with Crippen molar-refractivity contribution < 1.29 is 28.0 Å². The highest BCUT2D eigenvalue weighted by atomic mass is 16.4. The zero-order valence-corrected chi connectivity index (χ0v) is 23.7. The van der Waals surface area contributed by atoms with Gasteiger partial charge >= 0.3 is 11.9 Å². The molecule has 8 heteroatoms. The lowest BCUT2D eigenvalue weighted by Crippen LogP contribution is -1.98. The van der Waals surface area contributed by atoms with Crippen LogP contribution in [0.2, 0.25) is 0 Å². The van der Waals surface area contributed by atoms with E-state index in [0.29, 0.717) is 67.1 Å². The van der Waals surface area contributed by atoms with E-state index in [1.165, 1.54) is 0 Å². The molecule has 0 aromatic carbocycles. The van der Waals surface area contributed by atoms with E-state index in [0.717, 1.165) is 11.1 Å². The Morgan fingerprint density at radius 1 is 0.786 bits per heavy atom. The van der Waals surface area contributed by atoms with Crippen LogP contribution < -0.4 is 0 Å². The van der Waals surface area contributed by atoms with Gasteiger partial charge < -0.3 is 20.2 Å². The summed E-state index contributed by atoms with van der Waals surface area (Å²) in [4.78, 5) is 39.5. The molecule has 0 radical (unpaired) electrons. The summed E-state index contributed by atoms with van der Waals surface area (Å²) < 4.78 is 48.7. The van der Waals surface area contributed by atoms with Crippen LogP contribution in [0.4, 0.5) is 0 Å². The van der Waals surface area contributed by atoms with Crippen molar-refractivity contribution in [1.29, 1.82) is 0 Å². The molecule has 0 saturated carbocycles. The minimum Gasteiger partial charge on any atom is -0.481 e. The highest BCUT2D eigenvalue weighted by molar-refractivity contribution is 5.98. The molecule has 2 aliphatic rings. The van der Waals surface area contributed by atoms with E-state index in [2.05, 4.69) is 9.97 Å². The molecule has 214 valence electrons. The van der Waals surface area contributed by atoms with E-state index < -0.39 is 25.0 Å². The lowest BCUT2D eigenvalue weighted by atomic mass is 10.0. The summed E-state index contributed by atoms with van der Waals surface area (Å²) in [5.74, 6) is -1.95. The van der Waals surface area contributed by atoms with Gasteiger partial charge in [0, 0.05) is 46.0 Å². The highest BCUT2D eigenvalue weighted by Crippen LogP contribution is 2.36. The van der Waals surface area contributed by atoms with Crippen LogP contribution in [0, 0.1) is 13.8 Å². The summed E-state index contributed by atoms with van der Waals surface area (Å²) in [7, 11) is 0. The Labute approximate surface area is 252 Å². The van der Waals surface area contributed by atoms with Gasteiger partial charge in [0.05, 0.1) is 31.0 Å². The van der Waals surface area contributed by atoms with Crippen molar-refractivity contribution in [1.82, 2.24) is 19.9 Å². The van der Waals surface area contributed by atoms with Crippen LogP contribution in [-0.4, -0.2) is 42.1 Å². The molecule has 0 saturated heterocycles. The van der Waals surface area contributed by atoms with Crippen LogP contribution in [0.15, 0.2) is 43.4 Å². The van der Waals surface area contributed by atoms with Gasteiger partial charge in [0.1, 0.15) is 0 Å². The van der Waals surface area contributed by atoms with E-state index in [1.807, 2.05) is 13.8 Å². The number of carboxylic acid groups (broad SMARTS) is 2. The number of rotatable bonds is 8. The third kappa shape index (κ3) is 5.11. The van der Waals surface area contributed by atoms with Crippen molar-refractivity contribution >= 4 is 62.3 Å². The first kappa shape index (κ1) is 21.7. The molecule has 0 amide bonds. The summed E-state index contributed by atoms with van der Waals surface area (Å²) in [5, 5.41) is 19.0. The number of aryl methyl sites for hydroxylation is 3. The predicted molar refractivity (Wildman–Crippen MR) is 169 cm³/mol. The largest absolute Gasteiger partial charge is 0.481 e. The van der Waals surface area contributed by atoms with Crippen LogP contribution in [0.5, 0.6) is 0 Å². The van der Waals surface area contributed by atoms with E-state index >= 15 is 0 Å². The molecule has 5 heterocycles. The van der Waals surface area contributed by atoms with Crippen LogP contribution in [0.3, 0.4) is 0 Å². The molecular weight excluding hydrogens is 528 g/mol. The lowest BCUT2D eigenvalue weighted by molar-refractivity contribution is -0.137. The van der Waals surface area contributed by atoms with Crippen molar-refractivity contribution in [3.8, 4) is 0 Å². The molecule has 8 bridgehead atoms. The number of allylic oxidation sites excluding steroid dienone is 5. The van der Waals surface area contributed by atoms with Gasteiger partial charge in [-0.15, -0.1) is 0 Å². The second kappa shape index (κ2) is 11.1. The number of carboxylic acids is 2. The maximum absolute atomic E-state index is 11.6. The second-order valence-corrected chi connectivity index (χ2v) is 10.5.